The lowest BCUT2D eigenvalue weighted by molar-refractivity contribution is 0.102. The van der Waals surface area contributed by atoms with Crippen molar-refractivity contribution in [1.29, 1.82) is 0 Å². The predicted octanol–water partition coefficient (Wildman–Crippen LogP) is 4.18. The Morgan fingerprint density at radius 1 is 1.15 bits per heavy atom. The first-order valence-corrected chi connectivity index (χ1v) is 9.42. The van der Waals surface area contributed by atoms with Crippen LogP contribution in [0.3, 0.4) is 0 Å². The van der Waals surface area contributed by atoms with Gasteiger partial charge in [-0.1, -0.05) is 29.5 Å². The molecule has 8 heteroatoms. The Bertz CT molecular complexity index is 901. The summed E-state index contributed by atoms with van der Waals surface area (Å²) in [6.07, 6.45) is 0.597. The number of carbonyl (C=O) groups is 1. The molecule has 1 amide bonds. The van der Waals surface area contributed by atoms with E-state index in [1.165, 1.54) is 11.3 Å². The molecule has 1 heterocycles. The minimum atomic E-state index is -0.229. The van der Waals surface area contributed by atoms with Crippen molar-refractivity contribution in [3.8, 4) is 11.5 Å². The summed E-state index contributed by atoms with van der Waals surface area (Å²) in [4.78, 5) is 12.3. The van der Waals surface area contributed by atoms with E-state index in [1.54, 1.807) is 19.2 Å². The van der Waals surface area contributed by atoms with Crippen LogP contribution >= 0.6 is 27.3 Å². The molecule has 0 saturated carbocycles. The van der Waals surface area contributed by atoms with E-state index < -0.39 is 0 Å². The molecule has 0 aliphatic rings. The van der Waals surface area contributed by atoms with Crippen molar-refractivity contribution in [1.82, 2.24) is 10.2 Å². The van der Waals surface area contributed by atoms with Crippen molar-refractivity contribution in [2.45, 2.75) is 6.42 Å². The fourth-order valence-corrected chi connectivity index (χ4v) is 3.34. The number of rotatable bonds is 7. The highest BCUT2D eigenvalue weighted by Crippen LogP contribution is 2.22. The van der Waals surface area contributed by atoms with E-state index in [0.717, 1.165) is 21.0 Å². The molecule has 1 N–H and O–H groups in total. The minimum Gasteiger partial charge on any atom is -0.497 e. The van der Waals surface area contributed by atoms with E-state index in [0.29, 0.717) is 23.7 Å². The van der Waals surface area contributed by atoms with Gasteiger partial charge in [-0.15, -0.1) is 10.2 Å². The van der Waals surface area contributed by atoms with Crippen LogP contribution in [0.5, 0.6) is 11.5 Å². The molecule has 0 unspecified atom stereocenters. The third kappa shape index (κ3) is 4.80. The van der Waals surface area contributed by atoms with Gasteiger partial charge in [0, 0.05) is 17.0 Å². The Hall–Kier alpha value is -2.45. The smallest absolute Gasteiger partial charge is 0.258 e. The standard InChI is InChI=1S/C18H16BrN3O3S/c1-24-12-5-4-6-13(11-12)25-10-9-16-21-22-18(26-16)20-17(23)14-7-2-3-8-15(14)19/h2-8,11H,9-10H2,1H3,(H,20,22,23). The fraction of sp³-hybridized carbons (Fsp3) is 0.167. The van der Waals surface area contributed by atoms with Gasteiger partial charge in [-0.05, 0) is 40.2 Å². The zero-order chi connectivity index (χ0) is 18.4. The molecule has 3 rings (SSSR count). The summed E-state index contributed by atoms with van der Waals surface area (Å²) in [5, 5.41) is 12.1. The Morgan fingerprint density at radius 2 is 1.96 bits per heavy atom. The first-order chi connectivity index (χ1) is 12.7. The minimum absolute atomic E-state index is 0.229. The van der Waals surface area contributed by atoms with E-state index in [4.69, 9.17) is 9.47 Å². The second-order valence-electron chi connectivity index (χ2n) is 5.21. The van der Waals surface area contributed by atoms with Crippen LogP contribution in [0.15, 0.2) is 53.0 Å². The Kier molecular flexibility index (Phi) is 6.19. The quantitative estimate of drug-likeness (QED) is 0.604. The van der Waals surface area contributed by atoms with Crippen LogP contribution in [0.25, 0.3) is 0 Å². The molecule has 0 fully saturated rings. The second-order valence-corrected chi connectivity index (χ2v) is 7.13. The lowest BCUT2D eigenvalue weighted by Crippen LogP contribution is -2.12. The Balaban J connectivity index is 1.53. The predicted molar refractivity (Wildman–Crippen MR) is 104 cm³/mol. The molecule has 0 aliphatic carbocycles. The third-order valence-corrected chi connectivity index (χ3v) is 5.02. The normalized spacial score (nSPS) is 10.4. The number of nitrogens with one attached hydrogen (secondary N) is 1. The highest BCUT2D eigenvalue weighted by atomic mass is 79.9. The summed E-state index contributed by atoms with van der Waals surface area (Å²) in [5.74, 6) is 1.25. The number of methoxy groups -OCH3 is 1. The molecule has 134 valence electrons. The monoisotopic (exact) mass is 433 g/mol. The van der Waals surface area contributed by atoms with Crippen molar-refractivity contribution in [3.63, 3.8) is 0 Å². The van der Waals surface area contributed by atoms with Crippen LogP contribution in [-0.4, -0.2) is 29.8 Å². The number of hydrogen-bond donors (Lipinski definition) is 1. The largest absolute Gasteiger partial charge is 0.497 e. The van der Waals surface area contributed by atoms with Gasteiger partial charge in [0.1, 0.15) is 16.5 Å². The summed E-state index contributed by atoms with van der Waals surface area (Å²) in [6.45, 7) is 0.458. The van der Waals surface area contributed by atoms with E-state index >= 15 is 0 Å². The van der Waals surface area contributed by atoms with Crippen molar-refractivity contribution < 1.29 is 14.3 Å². The molecule has 2 aromatic carbocycles. The molecular weight excluding hydrogens is 418 g/mol. The molecule has 0 atom stereocenters. The van der Waals surface area contributed by atoms with Gasteiger partial charge in [-0.2, -0.15) is 0 Å². The number of hydrogen-bond acceptors (Lipinski definition) is 6. The molecular formula is C18H16BrN3O3S. The number of halogens is 1. The maximum Gasteiger partial charge on any atom is 0.258 e. The number of benzene rings is 2. The van der Waals surface area contributed by atoms with Crippen LogP contribution in [0, 0.1) is 0 Å². The zero-order valence-electron chi connectivity index (χ0n) is 13.9. The summed E-state index contributed by atoms with van der Waals surface area (Å²) >= 11 is 4.69. The van der Waals surface area contributed by atoms with E-state index in [-0.39, 0.29) is 5.91 Å². The molecule has 0 aliphatic heterocycles. The van der Waals surface area contributed by atoms with Crippen molar-refractivity contribution in [2.75, 3.05) is 19.0 Å². The van der Waals surface area contributed by atoms with Crippen molar-refractivity contribution in [3.05, 3.63) is 63.6 Å². The summed E-state index contributed by atoms with van der Waals surface area (Å²) < 4.78 is 11.6. The van der Waals surface area contributed by atoms with Gasteiger partial charge in [0.05, 0.1) is 19.3 Å². The number of aromatic nitrogens is 2. The fourth-order valence-electron chi connectivity index (χ4n) is 2.16. The van der Waals surface area contributed by atoms with Gasteiger partial charge in [-0.3, -0.25) is 10.1 Å². The molecule has 0 spiro atoms. The SMILES string of the molecule is COc1cccc(OCCc2nnc(NC(=O)c3ccccc3Br)s2)c1. The van der Waals surface area contributed by atoms with E-state index in [9.17, 15) is 4.79 Å². The average molecular weight is 434 g/mol. The first kappa shape index (κ1) is 18.3. The highest BCUT2D eigenvalue weighted by Gasteiger charge is 2.12. The molecule has 0 saturated heterocycles. The Morgan fingerprint density at radius 3 is 2.77 bits per heavy atom. The highest BCUT2D eigenvalue weighted by molar-refractivity contribution is 9.10. The lowest BCUT2D eigenvalue weighted by atomic mass is 10.2. The lowest BCUT2D eigenvalue weighted by Gasteiger charge is -2.06. The average Bonchev–Trinajstić information content (AvgIpc) is 3.09. The van der Waals surface area contributed by atoms with Crippen LogP contribution in [0.4, 0.5) is 5.13 Å². The van der Waals surface area contributed by atoms with Gasteiger partial charge in [0.25, 0.3) is 5.91 Å². The first-order valence-electron chi connectivity index (χ1n) is 7.81. The molecule has 6 nitrogen and oxygen atoms in total. The van der Waals surface area contributed by atoms with Crippen molar-refractivity contribution >= 4 is 38.3 Å². The van der Waals surface area contributed by atoms with Crippen LogP contribution in [-0.2, 0) is 6.42 Å². The van der Waals surface area contributed by atoms with Gasteiger partial charge in [0.2, 0.25) is 5.13 Å². The van der Waals surface area contributed by atoms with Crippen LogP contribution in [0.2, 0.25) is 0 Å². The number of amides is 1. The Labute approximate surface area is 163 Å². The van der Waals surface area contributed by atoms with Crippen LogP contribution in [0.1, 0.15) is 15.4 Å². The number of nitrogens with zero attached hydrogens (tertiary/aromatic N) is 2. The van der Waals surface area contributed by atoms with Gasteiger partial charge in [-0.25, -0.2) is 0 Å². The summed E-state index contributed by atoms with van der Waals surface area (Å²) in [7, 11) is 1.62. The molecule has 0 bridgehead atoms. The number of ether oxygens (including phenoxy) is 2. The topological polar surface area (TPSA) is 73.3 Å². The zero-order valence-corrected chi connectivity index (χ0v) is 16.3. The second kappa shape index (κ2) is 8.77. The number of carbonyl (C=O) groups excluding carboxylic acids is 1. The molecule has 1 aromatic heterocycles. The molecule has 26 heavy (non-hydrogen) atoms. The maximum atomic E-state index is 12.3. The van der Waals surface area contributed by atoms with Gasteiger partial charge < -0.3 is 9.47 Å². The summed E-state index contributed by atoms with van der Waals surface area (Å²) in [5.41, 5.74) is 0.547. The van der Waals surface area contributed by atoms with Gasteiger partial charge in [0.15, 0.2) is 0 Å². The molecule has 3 aromatic rings. The summed E-state index contributed by atoms with van der Waals surface area (Å²) in [6, 6.07) is 14.6. The number of anilines is 1. The van der Waals surface area contributed by atoms with E-state index in [2.05, 4.69) is 31.4 Å². The van der Waals surface area contributed by atoms with Crippen LogP contribution < -0.4 is 14.8 Å². The van der Waals surface area contributed by atoms with Crippen molar-refractivity contribution in [2.24, 2.45) is 0 Å². The molecule has 0 radical (unpaired) electrons. The van der Waals surface area contributed by atoms with E-state index in [1.807, 2.05) is 36.4 Å². The van der Waals surface area contributed by atoms with Gasteiger partial charge >= 0.3 is 0 Å². The maximum absolute atomic E-state index is 12.3. The third-order valence-electron chi connectivity index (χ3n) is 3.43.